The van der Waals surface area contributed by atoms with Crippen LogP contribution in [0, 0.1) is 0 Å². The summed E-state index contributed by atoms with van der Waals surface area (Å²) < 4.78 is 67.0. The zero-order valence-corrected chi connectivity index (χ0v) is 17.4. The van der Waals surface area contributed by atoms with Gasteiger partial charge in [-0.05, 0) is 25.1 Å². The Labute approximate surface area is 173 Å². The minimum absolute atomic E-state index is 0.202. The van der Waals surface area contributed by atoms with E-state index in [1.807, 2.05) is 0 Å². The molecule has 3 aromatic heterocycles. The van der Waals surface area contributed by atoms with Gasteiger partial charge < -0.3 is 14.2 Å². The van der Waals surface area contributed by atoms with E-state index in [0.29, 0.717) is 10.6 Å². The fourth-order valence-corrected chi connectivity index (χ4v) is 4.23. The van der Waals surface area contributed by atoms with Crippen molar-refractivity contribution in [1.82, 2.24) is 19.1 Å². The van der Waals surface area contributed by atoms with E-state index < -0.39 is 38.9 Å². The summed E-state index contributed by atoms with van der Waals surface area (Å²) in [5.74, 6) is -2.02. The molecular weight excluding hydrogens is 441 g/mol. The number of hydrogen-bond acceptors (Lipinski definition) is 6. The molecule has 0 amide bonds. The second-order valence-corrected chi connectivity index (χ2v) is 8.80. The van der Waals surface area contributed by atoms with Crippen LogP contribution in [0.5, 0.6) is 0 Å². The molecule has 3 heterocycles. The highest BCUT2D eigenvalue weighted by Gasteiger charge is 2.36. The first-order chi connectivity index (χ1) is 14.3. The number of carboxylic acid groups (broad SMARTS) is 1. The quantitative estimate of drug-likeness (QED) is 0.622. The van der Waals surface area contributed by atoms with Crippen molar-refractivity contribution in [3.05, 3.63) is 39.9 Å². The van der Waals surface area contributed by atoms with Gasteiger partial charge in [0.2, 0.25) is 0 Å². The molecule has 31 heavy (non-hydrogen) atoms. The topological polar surface area (TPSA) is 124 Å². The third-order valence-electron chi connectivity index (χ3n) is 4.74. The van der Waals surface area contributed by atoms with E-state index in [4.69, 9.17) is 0 Å². The number of imidazole rings is 1. The van der Waals surface area contributed by atoms with Gasteiger partial charge in [-0.2, -0.15) is 13.2 Å². The number of alkyl halides is 3. The Kier molecular flexibility index (Phi) is 5.42. The number of fused-ring (bicyclic) bond motifs is 1. The zero-order chi connectivity index (χ0) is 23.3. The molecule has 9 nitrogen and oxygen atoms in total. The predicted octanol–water partition coefficient (Wildman–Crippen LogP) is 2.33. The van der Waals surface area contributed by atoms with Gasteiger partial charge in [0.15, 0.2) is 15.7 Å². The van der Waals surface area contributed by atoms with Crippen LogP contribution >= 0.6 is 0 Å². The third kappa shape index (κ3) is 3.69. The number of rotatable bonds is 5. The van der Waals surface area contributed by atoms with Crippen molar-refractivity contribution >= 4 is 26.8 Å². The molecule has 0 aliphatic rings. The number of carbonyl (C=O) groups is 1. The van der Waals surface area contributed by atoms with Crippen molar-refractivity contribution in [2.45, 2.75) is 31.5 Å². The normalized spacial score (nSPS) is 12.5. The molecule has 0 bridgehead atoms. The SMILES string of the molecule is CCn1c(C(F)(F)F)cc2nc(-c3nc(C(=O)O)ccc3S(=O)(=O)CC)n(C)c2c1=O. The molecule has 0 aromatic carbocycles. The molecule has 13 heteroatoms. The van der Waals surface area contributed by atoms with Crippen LogP contribution in [-0.2, 0) is 29.6 Å². The van der Waals surface area contributed by atoms with Gasteiger partial charge in [-0.25, -0.2) is 23.2 Å². The molecule has 0 radical (unpaired) electrons. The van der Waals surface area contributed by atoms with E-state index in [1.54, 1.807) is 0 Å². The lowest BCUT2D eigenvalue weighted by atomic mass is 10.3. The van der Waals surface area contributed by atoms with Crippen LogP contribution in [0.25, 0.3) is 22.6 Å². The standard InChI is InChI=1S/C18H17F3N4O5S/c1-4-25-12(18(19,20)21)8-10-14(16(25)26)24(3)15(23-10)13-11(31(29,30)5-2)7-6-9(22-13)17(27)28/h6-8H,4-5H2,1-3H3,(H,27,28). The molecule has 0 aliphatic heterocycles. The van der Waals surface area contributed by atoms with Crippen LogP contribution in [0.2, 0.25) is 0 Å². The summed E-state index contributed by atoms with van der Waals surface area (Å²) in [5, 5.41) is 9.24. The van der Waals surface area contributed by atoms with E-state index in [0.717, 1.165) is 16.7 Å². The number of hydrogen-bond donors (Lipinski definition) is 1. The van der Waals surface area contributed by atoms with E-state index in [-0.39, 0.29) is 39.7 Å². The molecule has 166 valence electrons. The fourth-order valence-electron chi connectivity index (χ4n) is 3.21. The van der Waals surface area contributed by atoms with E-state index in [2.05, 4.69) is 9.97 Å². The average molecular weight is 458 g/mol. The van der Waals surface area contributed by atoms with Crippen molar-refractivity contribution in [2.75, 3.05) is 5.75 Å². The second-order valence-electron chi connectivity index (χ2n) is 6.56. The van der Waals surface area contributed by atoms with Crippen LogP contribution in [0.15, 0.2) is 27.9 Å². The highest BCUT2D eigenvalue weighted by Crippen LogP contribution is 2.32. The molecule has 0 fully saturated rings. The number of nitrogens with zero attached hydrogens (tertiary/aromatic N) is 4. The Morgan fingerprint density at radius 3 is 2.35 bits per heavy atom. The molecule has 0 spiro atoms. The molecule has 0 atom stereocenters. The van der Waals surface area contributed by atoms with Gasteiger partial charge in [0.05, 0.1) is 16.2 Å². The number of carboxylic acids is 1. The number of halogens is 3. The van der Waals surface area contributed by atoms with E-state index in [1.165, 1.54) is 20.9 Å². The van der Waals surface area contributed by atoms with Crippen LogP contribution in [-0.4, -0.2) is 44.3 Å². The molecule has 0 aliphatic carbocycles. The first-order valence-corrected chi connectivity index (χ1v) is 10.6. The van der Waals surface area contributed by atoms with Crippen LogP contribution in [0.4, 0.5) is 13.2 Å². The minimum atomic E-state index is -4.82. The van der Waals surface area contributed by atoms with Crippen LogP contribution in [0.3, 0.4) is 0 Å². The Morgan fingerprint density at radius 2 is 1.84 bits per heavy atom. The van der Waals surface area contributed by atoms with Gasteiger partial charge in [-0.1, -0.05) is 6.92 Å². The number of aromatic nitrogens is 4. The molecule has 0 saturated carbocycles. The summed E-state index contributed by atoms with van der Waals surface area (Å²) in [5.41, 5.74) is -3.54. The Bertz CT molecular complexity index is 1370. The van der Waals surface area contributed by atoms with E-state index in [9.17, 15) is 36.3 Å². The molecular formula is C18H17F3N4O5S. The lowest BCUT2D eigenvalue weighted by Crippen LogP contribution is -2.28. The molecule has 0 unspecified atom stereocenters. The van der Waals surface area contributed by atoms with Gasteiger partial charge >= 0.3 is 12.1 Å². The predicted molar refractivity (Wildman–Crippen MR) is 104 cm³/mol. The van der Waals surface area contributed by atoms with Gasteiger partial charge in [0.25, 0.3) is 5.56 Å². The molecule has 1 N–H and O–H groups in total. The van der Waals surface area contributed by atoms with Crippen molar-refractivity contribution in [1.29, 1.82) is 0 Å². The Hall–Kier alpha value is -3.22. The summed E-state index contributed by atoms with van der Waals surface area (Å²) in [6, 6.07) is 2.75. The molecule has 0 saturated heterocycles. The first kappa shape index (κ1) is 22.5. The first-order valence-electron chi connectivity index (χ1n) is 8.98. The summed E-state index contributed by atoms with van der Waals surface area (Å²) in [6.45, 7) is 2.49. The highest BCUT2D eigenvalue weighted by atomic mass is 32.2. The van der Waals surface area contributed by atoms with Crippen molar-refractivity contribution in [3.8, 4) is 11.5 Å². The molecule has 3 aromatic rings. The maximum Gasteiger partial charge on any atom is 0.431 e. The lowest BCUT2D eigenvalue weighted by molar-refractivity contribution is -0.144. The van der Waals surface area contributed by atoms with E-state index >= 15 is 0 Å². The smallest absolute Gasteiger partial charge is 0.431 e. The summed E-state index contributed by atoms with van der Waals surface area (Å²) >= 11 is 0. The number of pyridine rings is 2. The summed E-state index contributed by atoms with van der Waals surface area (Å²) in [6.07, 6.45) is -4.82. The van der Waals surface area contributed by atoms with Crippen molar-refractivity contribution in [2.24, 2.45) is 7.05 Å². The average Bonchev–Trinajstić information content (AvgIpc) is 3.03. The van der Waals surface area contributed by atoms with Crippen LogP contribution in [0.1, 0.15) is 30.0 Å². The third-order valence-corrected chi connectivity index (χ3v) is 6.50. The van der Waals surface area contributed by atoms with Gasteiger partial charge in [0, 0.05) is 13.6 Å². The minimum Gasteiger partial charge on any atom is -0.477 e. The zero-order valence-electron chi connectivity index (χ0n) is 16.6. The monoisotopic (exact) mass is 458 g/mol. The largest absolute Gasteiger partial charge is 0.477 e. The number of sulfone groups is 1. The highest BCUT2D eigenvalue weighted by molar-refractivity contribution is 7.91. The summed E-state index contributed by atoms with van der Waals surface area (Å²) in [4.78, 5) is 31.7. The number of aryl methyl sites for hydroxylation is 1. The van der Waals surface area contributed by atoms with Gasteiger partial charge in [0.1, 0.15) is 22.6 Å². The molecule has 3 rings (SSSR count). The maximum atomic E-state index is 13.4. The summed E-state index contributed by atoms with van der Waals surface area (Å²) in [7, 11) is -2.58. The van der Waals surface area contributed by atoms with Gasteiger partial charge in [-0.15, -0.1) is 0 Å². The van der Waals surface area contributed by atoms with Crippen molar-refractivity contribution in [3.63, 3.8) is 0 Å². The number of aromatic carboxylic acids is 1. The second kappa shape index (κ2) is 7.48. The van der Waals surface area contributed by atoms with Crippen LogP contribution < -0.4 is 5.56 Å². The Balaban J connectivity index is 2.46. The lowest BCUT2D eigenvalue weighted by Gasteiger charge is -2.14. The van der Waals surface area contributed by atoms with Crippen molar-refractivity contribution < 1.29 is 31.5 Å². The fraction of sp³-hybridized carbons (Fsp3) is 0.333. The van der Waals surface area contributed by atoms with Gasteiger partial charge in [-0.3, -0.25) is 4.79 Å². The Morgan fingerprint density at radius 1 is 1.19 bits per heavy atom. The maximum absolute atomic E-state index is 13.4.